The summed E-state index contributed by atoms with van der Waals surface area (Å²) < 4.78 is 12.4. The maximum atomic E-state index is 12.4. The molecule has 0 saturated heterocycles. The van der Waals surface area contributed by atoms with E-state index in [-0.39, 0.29) is 5.83 Å². The lowest BCUT2D eigenvalue weighted by Crippen LogP contribution is -1.91. The summed E-state index contributed by atoms with van der Waals surface area (Å²) >= 11 is 0. The van der Waals surface area contributed by atoms with E-state index in [1.54, 1.807) is 6.08 Å². The third-order valence-electron chi connectivity index (χ3n) is 2.29. The molecule has 0 aliphatic rings. The van der Waals surface area contributed by atoms with Crippen LogP contribution in [0.2, 0.25) is 0 Å². The fourth-order valence-electron chi connectivity index (χ4n) is 1.06. The number of hydrogen-bond acceptors (Lipinski definition) is 0. The van der Waals surface area contributed by atoms with Gasteiger partial charge in [0, 0.05) is 0 Å². The van der Waals surface area contributed by atoms with E-state index < -0.39 is 0 Å². The van der Waals surface area contributed by atoms with Crippen molar-refractivity contribution in [2.75, 3.05) is 0 Å². The topological polar surface area (TPSA) is 0 Å². The van der Waals surface area contributed by atoms with E-state index in [0.29, 0.717) is 5.92 Å². The molecular formula is C14H21F. The predicted molar refractivity (Wildman–Crippen MR) is 66.4 cm³/mol. The normalized spacial score (nSPS) is 15.8. The lowest BCUT2D eigenvalue weighted by Gasteiger charge is -2.06. The molecule has 1 heteroatoms. The lowest BCUT2D eigenvalue weighted by molar-refractivity contribution is 0.640. The van der Waals surface area contributed by atoms with Crippen LogP contribution in [0.3, 0.4) is 0 Å². The Balaban J connectivity index is 4.56. The molecule has 0 rings (SSSR count). The van der Waals surface area contributed by atoms with Crippen molar-refractivity contribution in [1.29, 1.82) is 0 Å². The monoisotopic (exact) mass is 208 g/mol. The molecule has 0 N–H and O–H groups in total. The van der Waals surface area contributed by atoms with Crippen LogP contribution < -0.4 is 0 Å². The summed E-state index contributed by atoms with van der Waals surface area (Å²) in [4.78, 5) is 0. The molecule has 0 amide bonds. The van der Waals surface area contributed by atoms with Crippen LogP contribution in [0.15, 0.2) is 47.9 Å². The van der Waals surface area contributed by atoms with E-state index in [0.717, 1.165) is 12.0 Å². The van der Waals surface area contributed by atoms with E-state index in [1.165, 1.54) is 18.6 Å². The minimum absolute atomic E-state index is 0.172. The Morgan fingerprint density at radius 2 is 2.00 bits per heavy atom. The molecule has 0 radical (unpaired) electrons. The van der Waals surface area contributed by atoms with E-state index in [9.17, 15) is 4.39 Å². The molecule has 1 unspecified atom stereocenters. The third kappa shape index (κ3) is 6.89. The van der Waals surface area contributed by atoms with Gasteiger partial charge in [0.15, 0.2) is 0 Å². The van der Waals surface area contributed by atoms with Crippen LogP contribution in [-0.4, -0.2) is 0 Å². The molecule has 0 nitrogen and oxygen atoms in total. The van der Waals surface area contributed by atoms with Gasteiger partial charge in [-0.1, -0.05) is 49.8 Å². The number of rotatable bonds is 5. The van der Waals surface area contributed by atoms with Crippen LogP contribution in [0.1, 0.15) is 34.1 Å². The molecule has 0 aromatic rings. The largest absolute Gasteiger partial charge is 0.212 e. The summed E-state index contributed by atoms with van der Waals surface area (Å²) in [5, 5.41) is 0. The van der Waals surface area contributed by atoms with Crippen LogP contribution in [-0.2, 0) is 0 Å². The zero-order valence-electron chi connectivity index (χ0n) is 10.2. The zero-order valence-corrected chi connectivity index (χ0v) is 10.2. The fourth-order valence-corrected chi connectivity index (χ4v) is 1.06. The van der Waals surface area contributed by atoms with E-state index in [2.05, 4.69) is 26.5 Å². The van der Waals surface area contributed by atoms with Gasteiger partial charge in [-0.3, -0.25) is 0 Å². The van der Waals surface area contributed by atoms with E-state index >= 15 is 0 Å². The summed E-state index contributed by atoms with van der Waals surface area (Å²) in [5.41, 5.74) is 2.36. The average molecular weight is 208 g/mol. The van der Waals surface area contributed by atoms with Gasteiger partial charge in [-0.2, -0.15) is 0 Å². The van der Waals surface area contributed by atoms with Crippen molar-refractivity contribution in [3.8, 4) is 0 Å². The Labute approximate surface area is 92.9 Å². The molecule has 0 fully saturated rings. The average Bonchev–Trinajstić information content (AvgIpc) is 2.15. The molecule has 0 spiro atoms. The maximum Gasteiger partial charge on any atom is 0.0968 e. The molecule has 0 aromatic carbocycles. The van der Waals surface area contributed by atoms with Crippen molar-refractivity contribution in [2.45, 2.75) is 34.1 Å². The summed E-state index contributed by atoms with van der Waals surface area (Å²) in [7, 11) is 0. The van der Waals surface area contributed by atoms with Gasteiger partial charge < -0.3 is 0 Å². The van der Waals surface area contributed by atoms with Gasteiger partial charge in [-0.15, -0.1) is 0 Å². The Hall–Kier alpha value is -1.11. The van der Waals surface area contributed by atoms with Crippen LogP contribution >= 0.6 is 0 Å². The molecule has 0 aliphatic carbocycles. The standard InChI is InChI=1S/C14H21F/c1-6-14(9-7-8-13(5)15)10-12(4)11(2)3/h7-10,12H,2,6H2,1,3-5H3/b9-7-,13-8-,14-10+. The smallest absolute Gasteiger partial charge is 0.0968 e. The molecule has 0 bridgehead atoms. The van der Waals surface area contributed by atoms with Gasteiger partial charge in [0.05, 0.1) is 5.83 Å². The van der Waals surface area contributed by atoms with Crippen molar-refractivity contribution < 1.29 is 4.39 Å². The van der Waals surface area contributed by atoms with Crippen LogP contribution in [0.5, 0.6) is 0 Å². The van der Waals surface area contributed by atoms with Crippen LogP contribution in [0, 0.1) is 5.92 Å². The highest BCUT2D eigenvalue weighted by molar-refractivity contribution is 5.25. The number of hydrogen-bond donors (Lipinski definition) is 0. The number of allylic oxidation sites excluding steroid dienone is 7. The van der Waals surface area contributed by atoms with Crippen molar-refractivity contribution in [2.24, 2.45) is 5.92 Å². The first-order chi connectivity index (χ1) is 6.97. The van der Waals surface area contributed by atoms with Crippen LogP contribution in [0.4, 0.5) is 4.39 Å². The van der Waals surface area contributed by atoms with Gasteiger partial charge in [-0.05, 0) is 32.3 Å². The molecule has 0 heterocycles. The van der Waals surface area contributed by atoms with Gasteiger partial charge in [-0.25, -0.2) is 4.39 Å². The summed E-state index contributed by atoms with van der Waals surface area (Å²) in [6.07, 6.45) is 8.28. The summed E-state index contributed by atoms with van der Waals surface area (Å²) in [6, 6.07) is 0. The molecular weight excluding hydrogens is 187 g/mol. The second kappa shape index (κ2) is 7.22. The molecule has 0 saturated carbocycles. The molecule has 0 aliphatic heterocycles. The van der Waals surface area contributed by atoms with E-state index in [4.69, 9.17) is 0 Å². The highest BCUT2D eigenvalue weighted by atomic mass is 19.1. The molecule has 15 heavy (non-hydrogen) atoms. The Morgan fingerprint density at radius 1 is 1.40 bits per heavy atom. The summed E-state index contributed by atoms with van der Waals surface area (Å²) in [5.74, 6) is 0.203. The van der Waals surface area contributed by atoms with Crippen molar-refractivity contribution >= 4 is 0 Å². The minimum Gasteiger partial charge on any atom is -0.212 e. The highest BCUT2D eigenvalue weighted by Crippen LogP contribution is 2.14. The lowest BCUT2D eigenvalue weighted by atomic mass is 10.00. The Bertz CT molecular complexity index is 288. The predicted octanol–water partition coefficient (Wildman–Crippen LogP) is 4.96. The maximum absolute atomic E-state index is 12.4. The quantitative estimate of drug-likeness (QED) is 0.442. The van der Waals surface area contributed by atoms with Crippen molar-refractivity contribution in [1.82, 2.24) is 0 Å². The minimum atomic E-state index is -0.172. The third-order valence-corrected chi connectivity index (χ3v) is 2.29. The molecule has 1 atom stereocenters. The second-order valence-corrected chi connectivity index (χ2v) is 3.84. The summed E-state index contributed by atoms with van der Waals surface area (Å²) in [6.45, 7) is 11.6. The van der Waals surface area contributed by atoms with Crippen molar-refractivity contribution in [3.63, 3.8) is 0 Å². The SMILES string of the molecule is C=C(C)C(C)/C=C(/C=C\C=C(\C)F)CC. The fraction of sp³-hybridized carbons (Fsp3) is 0.429. The van der Waals surface area contributed by atoms with E-state index in [1.807, 2.05) is 13.0 Å². The Kier molecular flexibility index (Phi) is 6.68. The molecule has 84 valence electrons. The van der Waals surface area contributed by atoms with Gasteiger partial charge in [0.25, 0.3) is 0 Å². The highest BCUT2D eigenvalue weighted by Gasteiger charge is 1.98. The van der Waals surface area contributed by atoms with Crippen molar-refractivity contribution in [3.05, 3.63) is 47.9 Å². The first-order valence-corrected chi connectivity index (χ1v) is 5.34. The Morgan fingerprint density at radius 3 is 2.40 bits per heavy atom. The second-order valence-electron chi connectivity index (χ2n) is 3.84. The first-order valence-electron chi connectivity index (χ1n) is 5.34. The van der Waals surface area contributed by atoms with Gasteiger partial charge in [0.2, 0.25) is 0 Å². The zero-order chi connectivity index (χ0) is 11.8. The van der Waals surface area contributed by atoms with Crippen LogP contribution in [0.25, 0.3) is 0 Å². The number of halogens is 1. The molecule has 0 aromatic heterocycles. The first kappa shape index (κ1) is 13.9. The van der Waals surface area contributed by atoms with Gasteiger partial charge >= 0.3 is 0 Å². The van der Waals surface area contributed by atoms with Gasteiger partial charge in [0.1, 0.15) is 0 Å².